The van der Waals surface area contributed by atoms with Crippen LogP contribution in [-0.4, -0.2) is 31.4 Å². The third-order valence-electron chi connectivity index (χ3n) is 3.93. The molecular weight excluding hydrogens is 474 g/mol. The van der Waals surface area contributed by atoms with E-state index in [9.17, 15) is 39.6 Å². The van der Waals surface area contributed by atoms with Crippen LogP contribution in [0, 0.1) is 0 Å². The Morgan fingerprint density at radius 2 is 1.45 bits per heavy atom. The Balaban J connectivity index is 2.26. The molecule has 0 fully saturated rings. The van der Waals surface area contributed by atoms with Crippen molar-refractivity contribution in [2.75, 3.05) is 18.1 Å². The Kier molecular flexibility index (Phi) is 7.28. The van der Waals surface area contributed by atoms with Crippen LogP contribution in [0.15, 0.2) is 42.5 Å². The second-order valence-corrected chi connectivity index (χ2v) is 8.92. The van der Waals surface area contributed by atoms with E-state index in [1.165, 1.54) is 24.3 Å². The minimum absolute atomic E-state index is 0.0843. The highest BCUT2D eigenvalue weighted by atomic mass is 35.5. The first-order valence-electron chi connectivity index (χ1n) is 8.34. The van der Waals surface area contributed by atoms with Gasteiger partial charge in [0.25, 0.3) is 0 Å². The average molecular weight is 489 g/mol. The van der Waals surface area contributed by atoms with Crippen LogP contribution in [0.5, 0.6) is 0 Å². The smallest absolute Gasteiger partial charge is 0.325 e. The fourth-order valence-electron chi connectivity index (χ4n) is 2.47. The number of hydrogen-bond donors (Lipinski definition) is 1. The SMILES string of the molecule is CS(=O)(=O)N(CC(=O)Nc1cc(C(F)(F)F)cc(C(F)(F)F)c1)Cc1ccc(Cl)cc1. The molecule has 0 aliphatic carbocycles. The van der Waals surface area contributed by atoms with Crippen LogP contribution < -0.4 is 5.32 Å². The van der Waals surface area contributed by atoms with Crippen LogP contribution in [-0.2, 0) is 33.7 Å². The van der Waals surface area contributed by atoms with Gasteiger partial charge in [-0.1, -0.05) is 23.7 Å². The van der Waals surface area contributed by atoms with E-state index in [2.05, 4.69) is 0 Å². The highest BCUT2D eigenvalue weighted by molar-refractivity contribution is 7.88. The quantitative estimate of drug-likeness (QED) is 0.595. The number of halogens is 7. The molecule has 0 bridgehead atoms. The number of sulfonamides is 1. The normalized spacial score (nSPS) is 12.8. The molecule has 2 rings (SSSR count). The molecule has 1 amide bonds. The second kappa shape index (κ2) is 9.05. The van der Waals surface area contributed by atoms with Crippen molar-refractivity contribution in [3.63, 3.8) is 0 Å². The van der Waals surface area contributed by atoms with Crippen molar-refractivity contribution in [1.82, 2.24) is 4.31 Å². The molecule has 0 aromatic heterocycles. The van der Waals surface area contributed by atoms with E-state index in [-0.39, 0.29) is 12.6 Å². The van der Waals surface area contributed by atoms with Crippen molar-refractivity contribution in [3.05, 3.63) is 64.2 Å². The summed E-state index contributed by atoms with van der Waals surface area (Å²) in [7, 11) is -3.94. The Labute approximate surface area is 178 Å². The Morgan fingerprint density at radius 1 is 0.968 bits per heavy atom. The molecule has 170 valence electrons. The third kappa shape index (κ3) is 7.40. The lowest BCUT2D eigenvalue weighted by Crippen LogP contribution is -2.37. The van der Waals surface area contributed by atoms with Crippen LogP contribution in [0.3, 0.4) is 0 Å². The molecule has 0 saturated carbocycles. The summed E-state index contributed by atoms with van der Waals surface area (Å²) < 4.78 is 102. The molecule has 0 unspecified atom stereocenters. The van der Waals surface area contributed by atoms with Gasteiger partial charge < -0.3 is 5.32 Å². The predicted octanol–water partition coefficient (Wildman–Crippen LogP) is 4.78. The summed E-state index contributed by atoms with van der Waals surface area (Å²) >= 11 is 5.75. The number of hydrogen-bond acceptors (Lipinski definition) is 3. The van der Waals surface area contributed by atoms with Gasteiger partial charge in [0.05, 0.1) is 23.9 Å². The average Bonchev–Trinajstić information content (AvgIpc) is 2.60. The van der Waals surface area contributed by atoms with Gasteiger partial charge in [-0.05, 0) is 35.9 Å². The highest BCUT2D eigenvalue weighted by Gasteiger charge is 2.37. The molecule has 0 aliphatic heterocycles. The van der Waals surface area contributed by atoms with Crippen molar-refractivity contribution in [3.8, 4) is 0 Å². The number of carbonyl (C=O) groups excluding carboxylic acids is 1. The molecule has 2 aromatic rings. The molecule has 5 nitrogen and oxygen atoms in total. The van der Waals surface area contributed by atoms with E-state index in [1.807, 2.05) is 5.32 Å². The molecule has 0 radical (unpaired) electrons. The summed E-state index contributed by atoms with van der Waals surface area (Å²) in [5.41, 5.74) is -3.54. The van der Waals surface area contributed by atoms with Gasteiger partial charge in [0.1, 0.15) is 0 Å². The van der Waals surface area contributed by atoms with Crippen molar-refractivity contribution >= 4 is 33.2 Å². The number of alkyl halides is 6. The van der Waals surface area contributed by atoms with E-state index in [1.54, 1.807) is 0 Å². The van der Waals surface area contributed by atoms with Gasteiger partial charge in [0.2, 0.25) is 15.9 Å². The first-order chi connectivity index (χ1) is 14.1. The van der Waals surface area contributed by atoms with Gasteiger partial charge in [-0.3, -0.25) is 4.79 Å². The van der Waals surface area contributed by atoms with Gasteiger partial charge >= 0.3 is 12.4 Å². The zero-order chi connectivity index (χ0) is 23.6. The standard InChI is InChI=1S/C18H15ClF6N2O3S/c1-31(29,30)27(9-11-2-4-14(19)5-3-11)10-16(28)26-15-7-12(17(20,21)22)6-13(8-15)18(23,24)25/h2-8H,9-10H2,1H3,(H,26,28). The van der Waals surface area contributed by atoms with E-state index in [0.29, 0.717) is 27.0 Å². The fraction of sp³-hybridized carbons (Fsp3) is 0.278. The van der Waals surface area contributed by atoms with Crippen molar-refractivity contribution in [2.24, 2.45) is 0 Å². The summed E-state index contributed by atoms with van der Waals surface area (Å²) in [5, 5.41) is 2.28. The third-order valence-corrected chi connectivity index (χ3v) is 5.38. The first kappa shape index (κ1) is 25.0. The summed E-state index contributed by atoms with van der Waals surface area (Å²) in [6, 6.07) is 6.55. The molecule has 0 spiro atoms. The number of amides is 1. The number of carbonyl (C=O) groups is 1. The molecule has 0 heterocycles. The number of rotatable bonds is 6. The molecular formula is C18H15ClF6N2O3S. The molecule has 0 atom stereocenters. The zero-order valence-electron chi connectivity index (χ0n) is 15.7. The van der Waals surface area contributed by atoms with Crippen LogP contribution in [0.1, 0.15) is 16.7 Å². The van der Waals surface area contributed by atoms with Gasteiger partial charge in [-0.2, -0.15) is 30.6 Å². The van der Waals surface area contributed by atoms with Crippen molar-refractivity contribution in [1.29, 1.82) is 0 Å². The van der Waals surface area contributed by atoms with Crippen LogP contribution >= 0.6 is 11.6 Å². The Morgan fingerprint density at radius 3 is 1.87 bits per heavy atom. The maximum Gasteiger partial charge on any atom is 0.416 e. The summed E-state index contributed by atoms with van der Waals surface area (Å²) in [5.74, 6) is -1.12. The number of nitrogens with one attached hydrogen (secondary N) is 1. The molecule has 0 aliphatic rings. The molecule has 1 N–H and O–H groups in total. The lowest BCUT2D eigenvalue weighted by atomic mass is 10.1. The maximum atomic E-state index is 12.9. The van der Waals surface area contributed by atoms with Gasteiger partial charge in [-0.25, -0.2) is 8.42 Å². The second-order valence-electron chi connectivity index (χ2n) is 6.50. The van der Waals surface area contributed by atoms with E-state index >= 15 is 0 Å². The molecule has 2 aromatic carbocycles. The monoisotopic (exact) mass is 488 g/mol. The predicted molar refractivity (Wildman–Crippen MR) is 102 cm³/mol. The molecule has 31 heavy (non-hydrogen) atoms. The van der Waals surface area contributed by atoms with Crippen LogP contribution in [0.25, 0.3) is 0 Å². The van der Waals surface area contributed by atoms with Gasteiger partial charge in [0.15, 0.2) is 0 Å². The fourth-order valence-corrected chi connectivity index (χ4v) is 3.33. The highest BCUT2D eigenvalue weighted by Crippen LogP contribution is 2.37. The summed E-state index contributed by atoms with van der Waals surface area (Å²) in [6.45, 7) is -1.10. The number of anilines is 1. The zero-order valence-corrected chi connectivity index (χ0v) is 17.3. The topological polar surface area (TPSA) is 66.5 Å². The lowest BCUT2D eigenvalue weighted by molar-refractivity contribution is -0.143. The summed E-state index contributed by atoms with van der Waals surface area (Å²) in [6.07, 6.45) is -9.37. The largest absolute Gasteiger partial charge is 0.416 e. The van der Waals surface area contributed by atoms with E-state index < -0.39 is 51.6 Å². The minimum Gasteiger partial charge on any atom is -0.325 e. The van der Waals surface area contributed by atoms with Crippen molar-refractivity contribution in [2.45, 2.75) is 18.9 Å². The first-order valence-corrected chi connectivity index (χ1v) is 10.6. The molecule has 13 heteroatoms. The lowest BCUT2D eigenvalue weighted by Gasteiger charge is -2.20. The van der Waals surface area contributed by atoms with Gasteiger partial charge in [0, 0.05) is 17.3 Å². The number of benzene rings is 2. The Hall–Kier alpha value is -2.31. The van der Waals surface area contributed by atoms with Gasteiger partial charge in [-0.15, -0.1) is 0 Å². The Bertz CT molecular complexity index is 1020. The minimum atomic E-state index is -5.09. The van der Waals surface area contributed by atoms with Crippen molar-refractivity contribution < 1.29 is 39.6 Å². The van der Waals surface area contributed by atoms with Crippen LogP contribution in [0.2, 0.25) is 5.02 Å². The summed E-state index contributed by atoms with van der Waals surface area (Å²) in [4.78, 5) is 12.2. The molecule has 0 saturated heterocycles. The van der Waals surface area contributed by atoms with E-state index in [0.717, 1.165) is 6.26 Å². The van der Waals surface area contributed by atoms with Crippen LogP contribution in [0.4, 0.5) is 32.0 Å². The van der Waals surface area contributed by atoms with E-state index in [4.69, 9.17) is 11.6 Å². The maximum absolute atomic E-state index is 12.9. The number of nitrogens with zero attached hydrogens (tertiary/aromatic N) is 1.